The average Bonchev–Trinajstić information content (AvgIpc) is 2.82. The number of nitrogens with one attached hydrogen (secondary N) is 1. The summed E-state index contributed by atoms with van der Waals surface area (Å²) in [6, 6.07) is 11.0. The van der Waals surface area contributed by atoms with Gasteiger partial charge < -0.3 is 24.6 Å². The highest BCUT2D eigenvalue weighted by atomic mass is 35.5. The number of benzene rings is 2. The molecule has 1 saturated heterocycles. The van der Waals surface area contributed by atoms with Crippen LogP contribution in [0.1, 0.15) is 27.6 Å². The molecule has 0 aliphatic carbocycles. The Hall–Kier alpha value is -3.26. The number of rotatable bonds is 6. The van der Waals surface area contributed by atoms with E-state index in [9.17, 15) is 14.4 Å². The fourth-order valence-corrected chi connectivity index (χ4v) is 3.76. The molecule has 1 aliphatic rings. The second-order valence-corrected chi connectivity index (χ2v) is 7.77. The lowest BCUT2D eigenvalue weighted by Gasteiger charge is -2.36. The number of methoxy groups -OCH3 is 2. The van der Waals surface area contributed by atoms with Crippen molar-refractivity contribution in [3.63, 3.8) is 0 Å². The van der Waals surface area contributed by atoms with Gasteiger partial charge in [0.25, 0.3) is 11.8 Å². The molecule has 0 saturated carbocycles. The van der Waals surface area contributed by atoms with E-state index in [1.807, 2.05) is 0 Å². The number of halogens is 1. The summed E-state index contributed by atoms with van der Waals surface area (Å²) in [6.45, 7) is 3.18. The third-order valence-corrected chi connectivity index (χ3v) is 5.68. The van der Waals surface area contributed by atoms with Crippen molar-refractivity contribution in [3.8, 4) is 11.5 Å². The third-order valence-electron chi connectivity index (χ3n) is 5.35. The summed E-state index contributed by atoms with van der Waals surface area (Å²) in [7, 11) is 3.05. The van der Waals surface area contributed by atoms with E-state index in [2.05, 4.69) is 5.32 Å². The van der Waals surface area contributed by atoms with Crippen molar-refractivity contribution in [2.45, 2.75) is 13.0 Å². The first kappa shape index (κ1) is 23.4. The van der Waals surface area contributed by atoms with Crippen LogP contribution in [0, 0.1) is 0 Å². The van der Waals surface area contributed by atoms with Gasteiger partial charge in [-0.15, -0.1) is 0 Å². The molecule has 0 radical (unpaired) electrons. The Morgan fingerprint density at radius 3 is 2.19 bits per heavy atom. The summed E-state index contributed by atoms with van der Waals surface area (Å²) >= 11 is 6.05. The lowest BCUT2D eigenvalue weighted by molar-refractivity contribution is -0.134. The largest absolute Gasteiger partial charge is 0.493 e. The summed E-state index contributed by atoms with van der Waals surface area (Å²) in [5.74, 6) is 0.281. The summed E-state index contributed by atoms with van der Waals surface area (Å²) in [6.07, 6.45) is 0. The van der Waals surface area contributed by atoms with Gasteiger partial charge in [-0.2, -0.15) is 0 Å². The maximum Gasteiger partial charge on any atom is 0.254 e. The molecule has 1 unspecified atom stereocenters. The molecule has 3 rings (SSSR count). The number of ether oxygens (including phenoxy) is 2. The summed E-state index contributed by atoms with van der Waals surface area (Å²) in [4.78, 5) is 41.4. The smallest absolute Gasteiger partial charge is 0.254 e. The highest BCUT2D eigenvalue weighted by Crippen LogP contribution is 2.28. The molecule has 2 aromatic rings. The number of hydrogen-bond acceptors (Lipinski definition) is 5. The number of carbonyl (C=O) groups excluding carboxylic acids is 3. The van der Waals surface area contributed by atoms with Gasteiger partial charge in [0.15, 0.2) is 11.5 Å². The van der Waals surface area contributed by atoms with Gasteiger partial charge in [0.2, 0.25) is 5.91 Å². The van der Waals surface area contributed by atoms with Crippen LogP contribution < -0.4 is 14.8 Å². The molecule has 3 amide bonds. The van der Waals surface area contributed by atoms with Crippen molar-refractivity contribution in [2.24, 2.45) is 0 Å². The van der Waals surface area contributed by atoms with E-state index in [1.54, 1.807) is 59.2 Å². The van der Waals surface area contributed by atoms with Gasteiger partial charge >= 0.3 is 0 Å². The molecule has 32 heavy (non-hydrogen) atoms. The highest BCUT2D eigenvalue weighted by Gasteiger charge is 2.28. The summed E-state index contributed by atoms with van der Waals surface area (Å²) in [5.41, 5.74) is 0.807. The van der Waals surface area contributed by atoms with Crippen LogP contribution >= 0.6 is 11.6 Å². The van der Waals surface area contributed by atoms with Gasteiger partial charge in [-0.05, 0) is 37.3 Å². The number of hydrogen-bond donors (Lipinski definition) is 1. The highest BCUT2D eigenvalue weighted by molar-refractivity contribution is 6.33. The van der Waals surface area contributed by atoms with Crippen LogP contribution in [0.15, 0.2) is 42.5 Å². The fourth-order valence-electron chi connectivity index (χ4n) is 3.54. The Balaban J connectivity index is 1.56. The van der Waals surface area contributed by atoms with Crippen molar-refractivity contribution in [1.29, 1.82) is 0 Å². The van der Waals surface area contributed by atoms with E-state index in [4.69, 9.17) is 21.1 Å². The Bertz CT molecular complexity index is 1000. The van der Waals surface area contributed by atoms with E-state index >= 15 is 0 Å². The van der Waals surface area contributed by atoms with Crippen molar-refractivity contribution >= 4 is 29.3 Å². The molecule has 2 aromatic carbocycles. The maximum atomic E-state index is 12.9. The molecule has 1 heterocycles. The van der Waals surface area contributed by atoms with Gasteiger partial charge in [-0.25, -0.2) is 0 Å². The third kappa shape index (κ3) is 5.13. The van der Waals surface area contributed by atoms with Crippen LogP contribution in [0.25, 0.3) is 0 Å². The normalized spacial score (nSPS) is 14.5. The lowest BCUT2D eigenvalue weighted by atomic mass is 10.1. The molecule has 1 aliphatic heterocycles. The molecule has 1 fully saturated rings. The average molecular weight is 460 g/mol. The van der Waals surface area contributed by atoms with Crippen molar-refractivity contribution in [1.82, 2.24) is 15.1 Å². The number of amides is 3. The molecule has 9 heteroatoms. The predicted molar refractivity (Wildman–Crippen MR) is 120 cm³/mol. The minimum absolute atomic E-state index is 0.141. The molecule has 1 atom stereocenters. The van der Waals surface area contributed by atoms with Crippen LogP contribution in [0.4, 0.5) is 0 Å². The monoisotopic (exact) mass is 459 g/mol. The Kier molecular flexibility index (Phi) is 7.58. The van der Waals surface area contributed by atoms with Crippen molar-refractivity contribution < 1.29 is 23.9 Å². The maximum absolute atomic E-state index is 12.9. The van der Waals surface area contributed by atoms with Gasteiger partial charge in [0.1, 0.15) is 6.04 Å². The SMILES string of the molecule is COc1ccc(C(=O)N2CCN(C(=O)C(C)NC(=O)c3ccccc3Cl)CC2)cc1OC. The summed E-state index contributed by atoms with van der Waals surface area (Å²) < 4.78 is 10.5. The number of piperazine rings is 1. The zero-order valence-electron chi connectivity index (χ0n) is 18.3. The zero-order chi connectivity index (χ0) is 23.3. The van der Waals surface area contributed by atoms with Gasteiger partial charge in [-0.3, -0.25) is 14.4 Å². The standard InChI is InChI=1S/C23H26ClN3O5/c1-15(25-21(28)17-6-4-5-7-18(17)24)22(29)26-10-12-27(13-11-26)23(30)16-8-9-19(31-2)20(14-16)32-3/h4-9,14-15H,10-13H2,1-3H3,(H,25,28). The first-order valence-electron chi connectivity index (χ1n) is 10.2. The number of nitrogens with zero attached hydrogens (tertiary/aromatic N) is 2. The molecular formula is C23H26ClN3O5. The molecule has 0 aromatic heterocycles. The van der Waals surface area contributed by atoms with Crippen molar-refractivity contribution in [2.75, 3.05) is 40.4 Å². The van der Waals surface area contributed by atoms with Crippen LogP contribution in [0.2, 0.25) is 5.02 Å². The van der Waals surface area contributed by atoms with Gasteiger partial charge in [0.05, 0.1) is 24.8 Å². The minimum atomic E-state index is -0.716. The second-order valence-electron chi connectivity index (χ2n) is 7.36. The molecule has 0 bridgehead atoms. The molecule has 8 nitrogen and oxygen atoms in total. The van der Waals surface area contributed by atoms with E-state index < -0.39 is 11.9 Å². The molecular weight excluding hydrogens is 434 g/mol. The van der Waals surface area contributed by atoms with Crippen LogP contribution in [0.3, 0.4) is 0 Å². The quantitative estimate of drug-likeness (QED) is 0.717. The summed E-state index contributed by atoms with van der Waals surface area (Å²) in [5, 5.41) is 3.02. The fraction of sp³-hybridized carbons (Fsp3) is 0.348. The van der Waals surface area contributed by atoms with Gasteiger partial charge in [-0.1, -0.05) is 23.7 Å². The second kappa shape index (κ2) is 10.4. The predicted octanol–water partition coefficient (Wildman–Crippen LogP) is 2.46. The Morgan fingerprint density at radius 2 is 1.56 bits per heavy atom. The van der Waals surface area contributed by atoms with Gasteiger partial charge in [0, 0.05) is 31.7 Å². The lowest BCUT2D eigenvalue weighted by Crippen LogP contribution is -2.55. The van der Waals surface area contributed by atoms with Crippen molar-refractivity contribution in [3.05, 3.63) is 58.6 Å². The van der Waals surface area contributed by atoms with E-state index in [0.717, 1.165) is 0 Å². The first-order valence-corrected chi connectivity index (χ1v) is 10.6. The topological polar surface area (TPSA) is 88.2 Å². The molecule has 1 N–H and O–H groups in total. The number of carbonyl (C=O) groups is 3. The Morgan fingerprint density at radius 1 is 0.938 bits per heavy atom. The van der Waals surface area contributed by atoms with E-state index in [0.29, 0.717) is 53.8 Å². The first-order chi connectivity index (χ1) is 15.3. The zero-order valence-corrected chi connectivity index (χ0v) is 19.0. The van der Waals surface area contributed by atoms with Crippen LogP contribution in [-0.4, -0.2) is 74.0 Å². The minimum Gasteiger partial charge on any atom is -0.493 e. The van der Waals surface area contributed by atoms with E-state index in [-0.39, 0.29) is 11.8 Å². The molecule has 170 valence electrons. The van der Waals surface area contributed by atoms with Crippen LogP contribution in [-0.2, 0) is 4.79 Å². The van der Waals surface area contributed by atoms with Crippen LogP contribution in [0.5, 0.6) is 11.5 Å². The molecule has 0 spiro atoms. The van der Waals surface area contributed by atoms with E-state index in [1.165, 1.54) is 14.2 Å². The Labute approximate surface area is 192 Å².